The van der Waals surface area contributed by atoms with E-state index in [1.165, 1.54) is 6.07 Å². The molecular weight excluding hydrogens is 381 g/mol. The molecule has 1 heterocycles. The quantitative estimate of drug-likeness (QED) is 0.683. The first-order chi connectivity index (χ1) is 11.5. The minimum atomic E-state index is -1.07. The summed E-state index contributed by atoms with van der Waals surface area (Å²) < 4.78 is 25.7. The van der Waals surface area contributed by atoms with E-state index in [2.05, 4.69) is 21.1 Å². The van der Waals surface area contributed by atoms with Crippen molar-refractivity contribution < 1.29 is 23.6 Å². The number of carboxylic acid groups (broad SMARTS) is 1. The Morgan fingerprint density at radius 3 is 2.79 bits per heavy atom. The van der Waals surface area contributed by atoms with E-state index in [1.807, 2.05) is 0 Å². The molecule has 1 N–H and O–H groups in total. The maximum atomic E-state index is 14.1. The normalized spacial score (nSPS) is 12.3. The average molecular weight is 394 g/mol. The number of hydrogen-bond donors (Lipinski definition) is 1. The van der Waals surface area contributed by atoms with Crippen LogP contribution in [-0.4, -0.2) is 22.3 Å². The number of hydrogen-bond acceptors (Lipinski definition) is 4. The summed E-state index contributed by atoms with van der Waals surface area (Å²) in [4.78, 5) is 11.3. The van der Waals surface area contributed by atoms with Gasteiger partial charge in [-0.05, 0) is 46.6 Å². The van der Waals surface area contributed by atoms with Gasteiger partial charge in [0.25, 0.3) is 0 Å². The molecule has 0 fully saturated rings. The van der Waals surface area contributed by atoms with Gasteiger partial charge >= 0.3 is 5.97 Å². The van der Waals surface area contributed by atoms with Gasteiger partial charge in [0.05, 0.1) is 9.86 Å². The Bertz CT molecular complexity index is 909. The van der Waals surface area contributed by atoms with Crippen molar-refractivity contribution in [1.29, 1.82) is 0 Å². The Balaban J connectivity index is 2.21. The lowest BCUT2D eigenvalue weighted by molar-refractivity contribution is -0.145. The fourth-order valence-corrected chi connectivity index (χ4v) is 2.79. The summed E-state index contributed by atoms with van der Waals surface area (Å²) in [5, 5.41) is 13.6. The standard InChI is InChI=1S/C17H13BrFNO4/c1-2-12(17(21)22)23-13-8-7-10(18)16-14(13)15(20-24-16)9-5-3-4-6-11(9)19/h3-8,12H,2H2,1H3,(H,21,22). The van der Waals surface area contributed by atoms with E-state index < -0.39 is 17.9 Å². The van der Waals surface area contributed by atoms with Crippen LogP contribution < -0.4 is 4.74 Å². The van der Waals surface area contributed by atoms with Crippen molar-refractivity contribution in [2.75, 3.05) is 0 Å². The molecular formula is C17H13BrFNO4. The van der Waals surface area contributed by atoms with Gasteiger partial charge in [0, 0.05) is 5.56 Å². The molecule has 124 valence electrons. The molecule has 3 aromatic rings. The van der Waals surface area contributed by atoms with Crippen molar-refractivity contribution in [3.8, 4) is 17.0 Å². The molecule has 3 rings (SSSR count). The van der Waals surface area contributed by atoms with Crippen molar-refractivity contribution in [2.45, 2.75) is 19.4 Å². The van der Waals surface area contributed by atoms with E-state index in [9.17, 15) is 14.3 Å². The number of fused-ring (bicyclic) bond motifs is 1. The molecule has 1 atom stereocenters. The average Bonchev–Trinajstić information content (AvgIpc) is 3.00. The smallest absolute Gasteiger partial charge is 0.344 e. The van der Waals surface area contributed by atoms with E-state index in [1.54, 1.807) is 37.3 Å². The van der Waals surface area contributed by atoms with Crippen LogP contribution in [0.4, 0.5) is 4.39 Å². The summed E-state index contributed by atoms with van der Waals surface area (Å²) in [6, 6.07) is 9.43. The lowest BCUT2D eigenvalue weighted by Gasteiger charge is -2.14. The van der Waals surface area contributed by atoms with E-state index in [0.29, 0.717) is 15.4 Å². The van der Waals surface area contributed by atoms with Crippen LogP contribution in [0.5, 0.6) is 5.75 Å². The lowest BCUT2D eigenvalue weighted by atomic mass is 10.1. The molecule has 0 aliphatic heterocycles. The first kappa shape index (κ1) is 16.4. The number of aliphatic carboxylic acids is 1. The molecule has 0 aliphatic carbocycles. The highest BCUT2D eigenvalue weighted by Crippen LogP contribution is 2.39. The fourth-order valence-electron chi connectivity index (χ4n) is 2.39. The van der Waals surface area contributed by atoms with Gasteiger partial charge in [-0.3, -0.25) is 0 Å². The number of carboxylic acids is 1. The monoisotopic (exact) mass is 393 g/mol. The summed E-state index contributed by atoms with van der Waals surface area (Å²) in [5.41, 5.74) is 0.883. The van der Waals surface area contributed by atoms with Crippen LogP contribution in [-0.2, 0) is 4.79 Å². The van der Waals surface area contributed by atoms with Crippen molar-refractivity contribution in [2.24, 2.45) is 0 Å². The number of nitrogens with zero attached hydrogens (tertiary/aromatic N) is 1. The maximum Gasteiger partial charge on any atom is 0.344 e. The van der Waals surface area contributed by atoms with E-state index in [-0.39, 0.29) is 23.4 Å². The Hall–Kier alpha value is -2.41. The molecule has 24 heavy (non-hydrogen) atoms. The van der Waals surface area contributed by atoms with E-state index in [4.69, 9.17) is 9.26 Å². The maximum absolute atomic E-state index is 14.1. The van der Waals surface area contributed by atoms with Crippen LogP contribution >= 0.6 is 15.9 Å². The van der Waals surface area contributed by atoms with E-state index >= 15 is 0 Å². The minimum absolute atomic E-state index is 0.252. The SMILES string of the molecule is CCC(Oc1ccc(Br)c2onc(-c3ccccc3F)c12)C(=O)O. The van der Waals surface area contributed by atoms with Crippen LogP contribution in [0.2, 0.25) is 0 Å². The van der Waals surface area contributed by atoms with Gasteiger partial charge in [0.15, 0.2) is 11.7 Å². The van der Waals surface area contributed by atoms with E-state index in [0.717, 1.165) is 0 Å². The predicted molar refractivity (Wildman–Crippen MR) is 89.4 cm³/mol. The molecule has 0 radical (unpaired) electrons. The Morgan fingerprint density at radius 1 is 1.38 bits per heavy atom. The summed E-state index contributed by atoms with van der Waals surface area (Å²) >= 11 is 3.35. The molecule has 0 saturated heterocycles. The summed E-state index contributed by atoms with van der Waals surface area (Å²) in [6.45, 7) is 1.71. The van der Waals surface area contributed by atoms with Crippen LogP contribution in [0.3, 0.4) is 0 Å². The largest absolute Gasteiger partial charge is 0.479 e. The molecule has 0 aliphatic rings. The van der Waals surface area contributed by atoms with Crippen LogP contribution in [0, 0.1) is 5.82 Å². The van der Waals surface area contributed by atoms with Gasteiger partial charge in [-0.2, -0.15) is 0 Å². The molecule has 0 saturated carbocycles. The van der Waals surface area contributed by atoms with Crippen LogP contribution in [0.1, 0.15) is 13.3 Å². The molecule has 0 spiro atoms. The third-order valence-corrected chi connectivity index (χ3v) is 4.21. The fraction of sp³-hybridized carbons (Fsp3) is 0.176. The van der Waals surface area contributed by atoms with Crippen molar-refractivity contribution in [3.05, 3.63) is 46.7 Å². The Kier molecular flexibility index (Phi) is 4.53. The van der Waals surface area contributed by atoms with Gasteiger partial charge in [-0.1, -0.05) is 24.2 Å². The lowest BCUT2D eigenvalue weighted by Crippen LogP contribution is -2.26. The predicted octanol–water partition coefficient (Wildman–Crippen LogP) is 4.64. The van der Waals surface area contributed by atoms with Crippen molar-refractivity contribution in [3.63, 3.8) is 0 Å². The third kappa shape index (κ3) is 2.87. The topological polar surface area (TPSA) is 72.6 Å². The van der Waals surface area contributed by atoms with Gasteiger partial charge in [0.1, 0.15) is 17.3 Å². The van der Waals surface area contributed by atoms with Gasteiger partial charge in [-0.25, -0.2) is 9.18 Å². The Labute approximate surface area is 145 Å². The van der Waals surface area contributed by atoms with Crippen LogP contribution in [0.15, 0.2) is 45.4 Å². The molecule has 1 aromatic heterocycles. The number of ether oxygens (including phenoxy) is 1. The highest BCUT2D eigenvalue weighted by molar-refractivity contribution is 9.10. The number of benzene rings is 2. The second kappa shape index (κ2) is 6.60. The molecule has 7 heteroatoms. The highest BCUT2D eigenvalue weighted by Gasteiger charge is 2.23. The first-order valence-electron chi connectivity index (χ1n) is 7.25. The zero-order valence-corrected chi connectivity index (χ0v) is 14.2. The second-order valence-electron chi connectivity index (χ2n) is 5.11. The van der Waals surface area contributed by atoms with Crippen molar-refractivity contribution >= 4 is 32.9 Å². The highest BCUT2D eigenvalue weighted by atomic mass is 79.9. The summed E-state index contributed by atoms with van der Waals surface area (Å²) in [7, 11) is 0. The second-order valence-corrected chi connectivity index (χ2v) is 5.97. The van der Waals surface area contributed by atoms with Crippen LogP contribution in [0.25, 0.3) is 22.2 Å². The molecule has 0 amide bonds. The molecule has 0 bridgehead atoms. The molecule has 2 aromatic carbocycles. The molecule has 5 nitrogen and oxygen atoms in total. The Morgan fingerprint density at radius 2 is 2.12 bits per heavy atom. The van der Waals surface area contributed by atoms with Gasteiger partial charge in [0.2, 0.25) is 0 Å². The minimum Gasteiger partial charge on any atom is -0.479 e. The number of rotatable bonds is 5. The van der Waals surface area contributed by atoms with Gasteiger partial charge < -0.3 is 14.4 Å². The summed E-state index contributed by atoms with van der Waals surface area (Å²) in [5.74, 6) is -1.25. The van der Waals surface area contributed by atoms with Gasteiger partial charge in [-0.15, -0.1) is 0 Å². The zero-order valence-electron chi connectivity index (χ0n) is 12.6. The zero-order chi connectivity index (χ0) is 17.3. The number of aromatic nitrogens is 1. The summed E-state index contributed by atoms with van der Waals surface area (Å²) in [6.07, 6.45) is -0.731. The number of carbonyl (C=O) groups is 1. The van der Waals surface area contributed by atoms with Crippen molar-refractivity contribution in [1.82, 2.24) is 5.16 Å². The molecule has 1 unspecified atom stereocenters. The number of halogens is 2. The first-order valence-corrected chi connectivity index (χ1v) is 8.04. The third-order valence-electron chi connectivity index (χ3n) is 3.58.